The molecule has 1 aromatic heterocycles. The molecule has 0 spiro atoms. The molecular formula is C26H24N2O6S. The van der Waals surface area contributed by atoms with Gasteiger partial charge in [-0.25, -0.2) is 9.78 Å². The van der Waals surface area contributed by atoms with Gasteiger partial charge in [0.2, 0.25) is 0 Å². The van der Waals surface area contributed by atoms with Gasteiger partial charge in [0.25, 0.3) is 5.78 Å². The lowest BCUT2D eigenvalue weighted by molar-refractivity contribution is -0.132. The van der Waals surface area contributed by atoms with E-state index in [0.717, 1.165) is 17.8 Å². The number of anilines is 1. The van der Waals surface area contributed by atoms with Crippen molar-refractivity contribution >= 4 is 39.9 Å². The topological polar surface area (TPSA) is 106 Å². The maximum absolute atomic E-state index is 13.3. The van der Waals surface area contributed by atoms with Crippen LogP contribution in [0.3, 0.4) is 0 Å². The second-order valence-electron chi connectivity index (χ2n) is 7.86. The number of aromatic nitrogens is 1. The van der Waals surface area contributed by atoms with Gasteiger partial charge in [-0.15, -0.1) is 0 Å². The molecule has 0 bridgehead atoms. The van der Waals surface area contributed by atoms with Gasteiger partial charge in [0.1, 0.15) is 16.4 Å². The number of rotatable bonds is 7. The number of hydrogen-bond acceptors (Lipinski definition) is 8. The van der Waals surface area contributed by atoms with Gasteiger partial charge >= 0.3 is 11.9 Å². The smallest absolute Gasteiger partial charge is 0.350 e. The molecule has 2 aromatic carbocycles. The molecule has 1 amide bonds. The Morgan fingerprint density at radius 3 is 2.43 bits per heavy atom. The van der Waals surface area contributed by atoms with Crippen molar-refractivity contribution in [2.24, 2.45) is 0 Å². The number of ketones is 1. The molecule has 1 fully saturated rings. The van der Waals surface area contributed by atoms with Crippen LogP contribution in [0.15, 0.2) is 60.2 Å². The summed E-state index contributed by atoms with van der Waals surface area (Å²) in [5, 5.41) is 11.3. The van der Waals surface area contributed by atoms with Gasteiger partial charge in [0.05, 0.1) is 31.0 Å². The Hall–Kier alpha value is -3.98. The molecule has 4 rings (SSSR count). The SMILES string of the molecule is CCCOc1ccc(C2C(=C(O)c3ccccc3)C(=O)C(=O)N2c2nc(C)c(C(=O)OC)s2)cc1. The van der Waals surface area contributed by atoms with Gasteiger partial charge in [-0.3, -0.25) is 14.5 Å². The van der Waals surface area contributed by atoms with E-state index in [4.69, 9.17) is 9.47 Å². The first kappa shape index (κ1) is 24.2. The number of hydrogen-bond donors (Lipinski definition) is 1. The molecule has 9 heteroatoms. The number of esters is 1. The summed E-state index contributed by atoms with van der Waals surface area (Å²) in [5.41, 5.74) is 1.31. The fourth-order valence-corrected chi connectivity index (χ4v) is 4.84. The molecule has 180 valence electrons. The zero-order chi connectivity index (χ0) is 25.1. The molecule has 1 unspecified atom stereocenters. The van der Waals surface area contributed by atoms with Gasteiger partial charge in [-0.2, -0.15) is 0 Å². The number of aliphatic hydroxyl groups is 1. The van der Waals surface area contributed by atoms with Crippen LogP contribution in [0, 0.1) is 6.92 Å². The molecule has 1 saturated heterocycles. The van der Waals surface area contributed by atoms with Crippen LogP contribution in [0.25, 0.3) is 5.76 Å². The first-order chi connectivity index (χ1) is 16.9. The Labute approximate surface area is 206 Å². The Bertz CT molecular complexity index is 1300. The summed E-state index contributed by atoms with van der Waals surface area (Å²) in [6.45, 7) is 4.19. The minimum atomic E-state index is -0.952. The van der Waals surface area contributed by atoms with E-state index in [1.165, 1.54) is 12.0 Å². The summed E-state index contributed by atoms with van der Waals surface area (Å²) < 4.78 is 10.5. The largest absolute Gasteiger partial charge is 0.507 e. The Morgan fingerprint density at radius 2 is 1.80 bits per heavy atom. The number of ether oxygens (including phenoxy) is 2. The third-order valence-electron chi connectivity index (χ3n) is 5.52. The lowest BCUT2D eigenvalue weighted by Crippen LogP contribution is -2.29. The third kappa shape index (κ3) is 4.54. The number of nitrogens with zero attached hydrogens (tertiary/aromatic N) is 2. The minimum Gasteiger partial charge on any atom is -0.507 e. The molecule has 35 heavy (non-hydrogen) atoms. The van der Waals surface area contributed by atoms with Crippen molar-refractivity contribution in [1.82, 2.24) is 4.98 Å². The third-order valence-corrected chi connectivity index (χ3v) is 6.66. The van der Waals surface area contributed by atoms with Crippen LogP contribution in [0.1, 0.15) is 45.9 Å². The molecule has 1 aliphatic rings. The zero-order valence-corrected chi connectivity index (χ0v) is 20.3. The van der Waals surface area contributed by atoms with Gasteiger partial charge in [-0.1, -0.05) is 60.7 Å². The van der Waals surface area contributed by atoms with E-state index in [-0.39, 0.29) is 21.3 Å². The van der Waals surface area contributed by atoms with E-state index < -0.39 is 23.7 Å². The summed E-state index contributed by atoms with van der Waals surface area (Å²) in [6.07, 6.45) is 0.852. The monoisotopic (exact) mass is 492 g/mol. The van der Waals surface area contributed by atoms with Crippen molar-refractivity contribution < 1.29 is 29.0 Å². The average molecular weight is 493 g/mol. The van der Waals surface area contributed by atoms with Gasteiger partial charge in [0, 0.05) is 5.56 Å². The quantitative estimate of drug-likeness (QED) is 0.221. The Balaban J connectivity index is 1.87. The highest BCUT2D eigenvalue weighted by Crippen LogP contribution is 2.44. The van der Waals surface area contributed by atoms with Crippen molar-refractivity contribution in [2.45, 2.75) is 26.3 Å². The summed E-state index contributed by atoms with van der Waals surface area (Å²) in [6, 6.07) is 14.6. The van der Waals surface area contributed by atoms with Crippen LogP contribution in [-0.4, -0.2) is 41.5 Å². The number of carbonyl (C=O) groups excluding carboxylic acids is 3. The average Bonchev–Trinajstić information content (AvgIpc) is 3.39. The molecule has 8 nitrogen and oxygen atoms in total. The molecule has 1 aliphatic heterocycles. The number of aliphatic hydroxyl groups excluding tert-OH is 1. The van der Waals surface area contributed by atoms with Crippen molar-refractivity contribution in [2.75, 3.05) is 18.6 Å². The number of Topliss-reactive ketones (excluding diaryl/α,β-unsaturated/α-hetero) is 1. The summed E-state index contributed by atoms with van der Waals surface area (Å²) in [4.78, 5) is 44.5. The number of aryl methyl sites for hydroxylation is 1. The first-order valence-corrected chi connectivity index (χ1v) is 11.8. The molecular weight excluding hydrogens is 468 g/mol. The predicted octanol–water partition coefficient (Wildman–Crippen LogP) is 4.65. The van der Waals surface area contributed by atoms with E-state index in [1.54, 1.807) is 61.5 Å². The van der Waals surface area contributed by atoms with Crippen molar-refractivity contribution in [3.63, 3.8) is 0 Å². The molecule has 0 radical (unpaired) electrons. The molecule has 1 N–H and O–H groups in total. The molecule has 2 heterocycles. The van der Waals surface area contributed by atoms with Crippen LogP contribution in [0.2, 0.25) is 0 Å². The lowest BCUT2D eigenvalue weighted by Gasteiger charge is -2.23. The van der Waals surface area contributed by atoms with Crippen LogP contribution < -0.4 is 9.64 Å². The van der Waals surface area contributed by atoms with E-state index in [0.29, 0.717) is 29.2 Å². The van der Waals surface area contributed by atoms with Gasteiger partial charge in [-0.05, 0) is 31.0 Å². The standard InChI is InChI=1S/C26H24N2O6S/c1-4-14-34-18-12-10-16(11-13-18)20-19(21(29)17-8-6-5-7-9-17)22(30)24(31)28(20)26-27-15(2)23(35-26)25(32)33-3/h5-13,20,29H,4,14H2,1-3H3. The second-order valence-corrected chi connectivity index (χ2v) is 8.83. The molecule has 0 saturated carbocycles. The summed E-state index contributed by atoms with van der Waals surface area (Å²) >= 11 is 0.956. The van der Waals surface area contributed by atoms with E-state index in [9.17, 15) is 19.5 Å². The van der Waals surface area contributed by atoms with Crippen molar-refractivity contribution in [1.29, 1.82) is 0 Å². The maximum atomic E-state index is 13.3. The van der Waals surface area contributed by atoms with E-state index in [2.05, 4.69) is 4.98 Å². The Kier molecular flexibility index (Phi) is 6.97. The maximum Gasteiger partial charge on any atom is 0.350 e. The Morgan fingerprint density at radius 1 is 1.11 bits per heavy atom. The normalized spacial score (nSPS) is 17.0. The van der Waals surface area contributed by atoms with Crippen LogP contribution in [0.5, 0.6) is 5.75 Å². The number of amides is 1. The van der Waals surface area contributed by atoms with Crippen LogP contribution in [-0.2, 0) is 14.3 Å². The number of benzene rings is 2. The molecule has 1 atom stereocenters. The fraction of sp³-hybridized carbons (Fsp3) is 0.231. The zero-order valence-electron chi connectivity index (χ0n) is 19.5. The highest BCUT2D eigenvalue weighted by atomic mass is 32.1. The number of methoxy groups -OCH3 is 1. The summed E-state index contributed by atoms with van der Waals surface area (Å²) in [7, 11) is 1.26. The van der Waals surface area contributed by atoms with E-state index >= 15 is 0 Å². The van der Waals surface area contributed by atoms with Gasteiger partial charge in [0.15, 0.2) is 5.13 Å². The van der Waals surface area contributed by atoms with E-state index in [1.807, 2.05) is 6.92 Å². The summed E-state index contributed by atoms with van der Waals surface area (Å²) in [5.74, 6) is -1.90. The fourth-order valence-electron chi connectivity index (χ4n) is 3.83. The molecule has 0 aliphatic carbocycles. The highest BCUT2D eigenvalue weighted by Gasteiger charge is 2.48. The van der Waals surface area contributed by atoms with Crippen molar-refractivity contribution in [3.8, 4) is 5.75 Å². The molecule has 3 aromatic rings. The van der Waals surface area contributed by atoms with Gasteiger partial charge < -0.3 is 14.6 Å². The van der Waals surface area contributed by atoms with Crippen molar-refractivity contribution in [3.05, 3.63) is 81.9 Å². The lowest BCUT2D eigenvalue weighted by atomic mass is 9.95. The minimum absolute atomic E-state index is 0.0594. The highest BCUT2D eigenvalue weighted by molar-refractivity contribution is 7.17. The second kappa shape index (κ2) is 10.1. The number of carbonyl (C=O) groups is 3. The predicted molar refractivity (Wildman–Crippen MR) is 132 cm³/mol. The van der Waals surface area contributed by atoms with Crippen LogP contribution >= 0.6 is 11.3 Å². The van der Waals surface area contributed by atoms with Crippen LogP contribution in [0.4, 0.5) is 5.13 Å². The first-order valence-electron chi connectivity index (χ1n) is 11.0. The number of thiazole rings is 1.